The lowest BCUT2D eigenvalue weighted by molar-refractivity contribution is 0.313. The van der Waals surface area contributed by atoms with Crippen LogP contribution in [0.25, 0.3) is 0 Å². The van der Waals surface area contributed by atoms with Gasteiger partial charge in [-0.3, -0.25) is 0 Å². The highest BCUT2D eigenvalue weighted by Crippen LogP contribution is 2.22. The molecular formula is C13H17Cl2NO. The van der Waals surface area contributed by atoms with Gasteiger partial charge in [0.25, 0.3) is 0 Å². The van der Waals surface area contributed by atoms with Crippen LogP contribution in [0.2, 0.25) is 5.02 Å². The first kappa shape index (κ1) is 16.1. The molecule has 0 atom stereocenters. The van der Waals surface area contributed by atoms with Gasteiger partial charge in [-0.1, -0.05) is 24.4 Å². The van der Waals surface area contributed by atoms with Crippen LogP contribution in [0, 0.1) is 12.3 Å². The summed E-state index contributed by atoms with van der Waals surface area (Å²) in [4.78, 5) is 0. The maximum absolute atomic E-state index is 5.94. The zero-order chi connectivity index (χ0) is 11.8. The first-order valence-electron chi connectivity index (χ1n) is 5.33. The molecule has 94 valence electrons. The summed E-state index contributed by atoms with van der Waals surface area (Å²) >= 11 is 5.94. The molecule has 0 bridgehead atoms. The first-order chi connectivity index (χ1) is 7.77. The highest BCUT2D eigenvalue weighted by Gasteiger charge is 2.03. The van der Waals surface area contributed by atoms with Crippen LogP contribution in [0.1, 0.15) is 18.9 Å². The van der Waals surface area contributed by atoms with Crippen molar-refractivity contribution >= 4 is 24.0 Å². The number of benzene rings is 1. The van der Waals surface area contributed by atoms with Gasteiger partial charge < -0.3 is 10.1 Å². The van der Waals surface area contributed by atoms with Crippen molar-refractivity contribution in [2.45, 2.75) is 19.9 Å². The largest absolute Gasteiger partial charge is 0.493 e. The van der Waals surface area contributed by atoms with Crippen molar-refractivity contribution in [3.63, 3.8) is 0 Å². The molecule has 0 aromatic heterocycles. The molecule has 0 aliphatic heterocycles. The van der Waals surface area contributed by atoms with E-state index in [-0.39, 0.29) is 12.4 Å². The van der Waals surface area contributed by atoms with Crippen LogP contribution in [0.15, 0.2) is 18.2 Å². The van der Waals surface area contributed by atoms with Gasteiger partial charge in [-0.15, -0.1) is 18.8 Å². The van der Waals surface area contributed by atoms with Gasteiger partial charge in [0.2, 0.25) is 0 Å². The molecule has 0 aliphatic rings. The maximum Gasteiger partial charge on any atom is 0.123 e. The average molecular weight is 274 g/mol. The van der Waals surface area contributed by atoms with E-state index in [1.165, 1.54) is 0 Å². The monoisotopic (exact) mass is 273 g/mol. The fourth-order valence-corrected chi connectivity index (χ4v) is 1.50. The maximum atomic E-state index is 5.94. The summed E-state index contributed by atoms with van der Waals surface area (Å²) in [7, 11) is 0. The van der Waals surface area contributed by atoms with E-state index in [0.29, 0.717) is 24.7 Å². The molecule has 1 N–H and O–H groups in total. The fraction of sp³-hybridized carbons (Fsp3) is 0.385. The molecule has 4 heteroatoms. The van der Waals surface area contributed by atoms with Gasteiger partial charge in [-0.2, -0.15) is 0 Å². The summed E-state index contributed by atoms with van der Waals surface area (Å²) in [5.41, 5.74) is 1.04. The van der Waals surface area contributed by atoms with Crippen LogP contribution in [0.4, 0.5) is 0 Å². The van der Waals surface area contributed by atoms with Gasteiger partial charge in [0, 0.05) is 17.1 Å². The van der Waals surface area contributed by atoms with Crippen molar-refractivity contribution in [1.82, 2.24) is 5.32 Å². The van der Waals surface area contributed by atoms with E-state index in [0.717, 1.165) is 17.7 Å². The molecule has 0 unspecified atom stereocenters. The van der Waals surface area contributed by atoms with Gasteiger partial charge in [0.15, 0.2) is 0 Å². The minimum absolute atomic E-state index is 0. The quantitative estimate of drug-likeness (QED) is 0.635. The third kappa shape index (κ3) is 5.83. The Bertz CT molecular complexity index is 374. The first-order valence-corrected chi connectivity index (χ1v) is 5.71. The molecule has 0 heterocycles. The fourth-order valence-electron chi connectivity index (χ4n) is 1.31. The number of hydrogen-bond donors (Lipinski definition) is 1. The molecule has 17 heavy (non-hydrogen) atoms. The number of nitrogens with one attached hydrogen (secondary N) is 1. The molecule has 0 saturated carbocycles. The second-order valence-corrected chi connectivity index (χ2v) is 3.84. The number of ether oxygens (including phenoxy) is 1. The van der Waals surface area contributed by atoms with E-state index in [2.05, 4.69) is 18.2 Å². The second kappa shape index (κ2) is 9.18. The summed E-state index contributed by atoms with van der Waals surface area (Å²) in [5, 5.41) is 3.83. The van der Waals surface area contributed by atoms with Gasteiger partial charge in [0.05, 0.1) is 13.2 Å². The lowest BCUT2D eigenvalue weighted by atomic mass is 10.2. The lowest BCUT2D eigenvalue weighted by Crippen LogP contribution is -2.14. The van der Waals surface area contributed by atoms with Crippen molar-refractivity contribution in [2.24, 2.45) is 0 Å². The van der Waals surface area contributed by atoms with E-state index in [1.54, 1.807) is 0 Å². The van der Waals surface area contributed by atoms with E-state index < -0.39 is 0 Å². The molecule has 0 radical (unpaired) electrons. The average Bonchev–Trinajstić information content (AvgIpc) is 2.28. The minimum Gasteiger partial charge on any atom is -0.493 e. The Morgan fingerprint density at radius 1 is 1.47 bits per heavy atom. The SMILES string of the molecule is C#CCNCc1cc(Cl)ccc1OCCC.Cl. The zero-order valence-corrected chi connectivity index (χ0v) is 11.4. The normalized spacial score (nSPS) is 9.24. The Balaban J connectivity index is 0.00000256. The number of halogens is 2. The Hall–Kier alpha value is -0.880. The van der Waals surface area contributed by atoms with Gasteiger partial charge >= 0.3 is 0 Å². The third-order valence-corrected chi connectivity index (χ3v) is 2.26. The molecule has 0 fully saturated rings. The second-order valence-electron chi connectivity index (χ2n) is 3.41. The summed E-state index contributed by atoms with van der Waals surface area (Å²) in [6.45, 7) is 4.00. The van der Waals surface area contributed by atoms with Crippen molar-refractivity contribution in [2.75, 3.05) is 13.2 Å². The van der Waals surface area contributed by atoms with Crippen LogP contribution >= 0.6 is 24.0 Å². The molecule has 1 aromatic rings. The van der Waals surface area contributed by atoms with Crippen molar-refractivity contribution < 1.29 is 4.74 Å². The highest BCUT2D eigenvalue weighted by atomic mass is 35.5. The lowest BCUT2D eigenvalue weighted by Gasteiger charge is -2.11. The molecule has 1 rings (SSSR count). The Morgan fingerprint density at radius 3 is 2.88 bits per heavy atom. The van der Waals surface area contributed by atoms with Crippen molar-refractivity contribution in [3.8, 4) is 18.1 Å². The smallest absolute Gasteiger partial charge is 0.123 e. The Labute approximate surface area is 114 Å². The van der Waals surface area contributed by atoms with Crippen LogP contribution in [0.5, 0.6) is 5.75 Å². The zero-order valence-electron chi connectivity index (χ0n) is 9.83. The standard InChI is InChI=1S/C13H16ClNO.ClH/c1-3-7-15-10-11-9-12(14)5-6-13(11)16-8-4-2;/h1,5-6,9,15H,4,7-8,10H2,2H3;1H. The third-order valence-electron chi connectivity index (χ3n) is 2.03. The van der Waals surface area contributed by atoms with E-state index >= 15 is 0 Å². The van der Waals surface area contributed by atoms with Crippen molar-refractivity contribution in [1.29, 1.82) is 0 Å². The molecule has 0 spiro atoms. The van der Waals surface area contributed by atoms with Crippen LogP contribution in [-0.2, 0) is 6.54 Å². The highest BCUT2D eigenvalue weighted by molar-refractivity contribution is 6.30. The van der Waals surface area contributed by atoms with Crippen molar-refractivity contribution in [3.05, 3.63) is 28.8 Å². The number of rotatable bonds is 6. The van der Waals surface area contributed by atoms with Crippen LogP contribution in [-0.4, -0.2) is 13.2 Å². The summed E-state index contributed by atoms with van der Waals surface area (Å²) < 4.78 is 5.62. The molecule has 0 saturated heterocycles. The summed E-state index contributed by atoms with van der Waals surface area (Å²) in [5.74, 6) is 3.40. The van der Waals surface area contributed by atoms with E-state index in [9.17, 15) is 0 Å². The van der Waals surface area contributed by atoms with Gasteiger partial charge in [-0.25, -0.2) is 0 Å². The van der Waals surface area contributed by atoms with E-state index in [1.807, 2.05) is 18.2 Å². The topological polar surface area (TPSA) is 21.3 Å². The van der Waals surface area contributed by atoms with Crippen LogP contribution < -0.4 is 10.1 Å². The molecule has 1 aromatic carbocycles. The number of terminal acetylenes is 1. The van der Waals surface area contributed by atoms with Gasteiger partial charge in [0.1, 0.15) is 5.75 Å². The molecular weight excluding hydrogens is 257 g/mol. The number of hydrogen-bond acceptors (Lipinski definition) is 2. The van der Waals surface area contributed by atoms with Gasteiger partial charge in [-0.05, 0) is 24.6 Å². The molecule has 0 amide bonds. The Kier molecular flexibility index (Phi) is 8.71. The van der Waals surface area contributed by atoms with Crippen LogP contribution in [0.3, 0.4) is 0 Å². The summed E-state index contributed by atoms with van der Waals surface area (Å²) in [6.07, 6.45) is 6.16. The molecule has 0 aliphatic carbocycles. The van der Waals surface area contributed by atoms with E-state index in [4.69, 9.17) is 22.8 Å². The minimum atomic E-state index is 0. The predicted molar refractivity (Wildman–Crippen MR) is 75.0 cm³/mol. The predicted octanol–water partition coefficient (Wildman–Crippen LogP) is 3.27. The summed E-state index contributed by atoms with van der Waals surface area (Å²) in [6, 6.07) is 5.62. The molecule has 2 nitrogen and oxygen atoms in total. The Morgan fingerprint density at radius 2 is 2.24 bits per heavy atom.